The molecule has 0 aliphatic rings. The van der Waals surface area contributed by atoms with Gasteiger partial charge in [0.1, 0.15) is 5.75 Å². The number of hydrogen-bond donors (Lipinski definition) is 1. The number of fused-ring (bicyclic) bond motifs is 1. The van der Waals surface area contributed by atoms with Crippen molar-refractivity contribution >= 4 is 28.5 Å². The topological polar surface area (TPSA) is 42.1 Å². The Labute approximate surface area is 127 Å². The number of benzene rings is 2. The molecule has 0 spiro atoms. The normalized spacial score (nSPS) is 10.7. The fourth-order valence-corrected chi connectivity index (χ4v) is 2.45. The maximum atomic E-state index is 11.9. The molecule has 0 fully saturated rings. The van der Waals surface area contributed by atoms with Gasteiger partial charge in [-0.3, -0.25) is 4.79 Å². The smallest absolute Gasteiger partial charge is 0.311 e. The largest absolute Gasteiger partial charge is 0.425 e. The second-order valence-electron chi connectivity index (χ2n) is 4.76. The van der Waals surface area contributed by atoms with E-state index in [-0.39, 0.29) is 5.97 Å². The second kappa shape index (κ2) is 6.02. The average Bonchev–Trinajstić information content (AvgIpc) is 2.91. The summed E-state index contributed by atoms with van der Waals surface area (Å²) >= 11 is 5.96. The molecule has 0 atom stereocenters. The molecule has 0 saturated heterocycles. The number of hydrogen-bond acceptors (Lipinski definition) is 2. The van der Waals surface area contributed by atoms with Crippen LogP contribution in [0, 0.1) is 0 Å². The number of carbonyl (C=O) groups excluding carboxylic acids is 1. The van der Waals surface area contributed by atoms with Gasteiger partial charge in [0.05, 0.1) is 11.4 Å². The maximum absolute atomic E-state index is 11.9. The van der Waals surface area contributed by atoms with E-state index in [2.05, 4.69) is 4.98 Å². The van der Waals surface area contributed by atoms with Crippen molar-refractivity contribution in [1.29, 1.82) is 0 Å². The molecule has 0 unspecified atom stereocenters. The number of carbonyl (C=O) groups is 1. The number of ether oxygens (including phenoxy) is 1. The Kier molecular flexibility index (Phi) is 3.93. The van der Waals surface area contributed by atoms with Crippen LogP contribution in [-0.2, 0) is 11.2 Å². The number of rotatable bonds is 4. The summed E-state index contributed by atoms with van der Waals surface area (Å²) in [5.41, 5.74) is 2.19. The lowest BCUT2D eigenvalue weighted by molar-refractivity contribution is -0.134. The van der Waals surface area contributed by atoms with E-state index in [1.165, 1.54) is 0 Å². The zero-order valence-electron chi connectivity index (χ0n) is 11.3. The van der Waals surface area contributed by atoms with Gasteiger partial charge >= 0.3 is 5.97 Å². The number of aryl methyl sites for hydroxylation is 1. The number of H-pyrrole nitrogens is 1. The Bertz CT molecular complexity index is 779. The highest BCUT2D eigenvalue weighted by Crippen LogP contribution is 2.24. The molecule has 3 aromatic rings. The predicted octanol–water partition coefficient (Wildman–Crippen LogP) is 4.36. The van der Waals surface area contributed by atoms with Crippen molar-refractivity contribution in [3.05, 3.63) is 65.3 Å². The Balaban J connectivity index is 1.65. The van der Waals surface area contributed by atoms with Crippen molar-refractivity contribution in [1.82, 2.24) is 4.98 Å². The van der Waals surface area contributed by atoms with Gasteiger partial charge in [-0.25, -0.2) is 0 Å². The quantitative estimate of drug-likeness (QED) is 0.574. The van der Waals surface area contributed by atoms with Gasteiger partial charge in [-0.1, -0.05) is 41.9 Å². The molecular weight excluding hydrogens is 286 g/mol. The highest BCUT2D eigenvalue weighted by molar-refractivity contribution is 6.32. The molecule has 0 bridgehead atoms. The van der Waals surface area contributed by atoms with Crippen LogP contribution in [0.2, 0.25) is 5.02 Å². The van der Waals surface area contributed by atoms with E-state index in [9.17, 15) is 4.79 Å². The molecule has 0 aliphatic heterocycles. The van der Waals surface area contributed by atoms with Gasteiger partial charge in [0, 0.05) is 17.1 Å². The Morgan fingerprint density at radius 1 is 1.10 bits per heavy atom. The van der Waals surface area contributed by atoms with Crippen LogP contribution in [0.4, 0.5) is 0 Å². The summed E-state index contributed by atoms with van der Waals surface area (Å²) in [5.74, 6) is 0.122. The summed E-state index contributed by atoms with van der Waals surface area (Å²) < 4.78 is 5.27. The number of halogens is 1. The summed E-state index contributed by atoms with van der Waals surface area (Å²) in [7, 11) is 0. The molecule has 0 saturated carbocycles. The Morgan fingerprint density at radius 2 is 1.86 bits per heavy atom. The first kappa shape index (κ1) is 13.7. The third-order valence-electron chi connectivity index (χ3n) is 3.33. The summed E-state index contributed by atoms with van der Waals surface area (Å²) in [6, 6.07) is 15.0. The lowest BCUT2D eigenvalue weighted by atomic mass is 10.1. The lowest BCUT2D eigenvalue weighted by Gasteiger charge is -2.05. The number of aromatic amines is 1. The Hall–Kier alpha value is -2.26. The zero-order chi connectivity index (χ0) is 14.7. The molecule has 0 aliphatic carbocycles. The first-order valence-electron chi connectivity index (χ1n) is 6.74. The molecule has 1 N–H and O–H groups in total. The van der Waals surface area contributed by atoms with Crippen molar-refractivity contribution in [2.24, 2.45) is 0 Å². The molecule has 0 amide bonds. The summed E-state index contributed by atoms with van der Waals surface area (Å²) in [6.07, 6.45) is 2.88. The summed E-state index contributed by atoms with van der Waals surface area (Å²) in [5, 5.41) is 1.58. The van der Waals surface area contributed by atoms with Crippen LogP contribution in [0.15, 0.2) is 54.7 Å². The standard InChI is InChI=1S/C17H14ClNO2/c18-14-6-2-4-8-16(14)21-17(20)10-9-12-11-19-15-7-3-1-5-13(12)15/h1-8,11,19H,9-10H2. The van der Waals surface area contributed by atoms with Crippen LogP contribution < -0.4 is 4.74 Å². The van der Waals surface area contributed by atoms with E-state index >= 15 is 0 Å². The molecule has 1 heterocycles. The van der Waals surface area contributed by atoms with Crippen molar-refractivity contribution in [2.75, 3.05) is 0 Å². The maximum Gasteiger partial charge on any atom is 0.311 e. The van der Waals surface area contributed by atoms with E-state index in [0.29, 0.717) is 23.6 Å². The van der Waals surface area contributed by atoms with Gasteiger partial charge in [-0.2, -0.15) is 0 Å². The van der Waals surface area contributed by atoms with Gasteiger partial charge in [0.2, 0.25) is 0 Å². The monoisotopic (exact) mass is 299 g/mol. The molecule has 3 nitrogen and oxygen atoms in total. The molecule has 2 aromatic carbocycles. The number of para-hydroxylation sites is 2. The minimum atomic E-state index is -0.284. The van der Waals surface area contributed by atoms with Crippen LogP contribution in [0.1, 0.15) is 12.0 Å². The van der Waals surface area contributed by atoms with Crippen LogP contribution >= 0.6 is 11.6 Å². The first-order valence-corrected chi connectivity index (χ1v) is 7.12. The van der Waals surface area contributed by atoms with Crippen LogP contribution in [0.5, 0.6) is 5.75 Å². The van der Waals surface area contributed by atoms with E-state index in [4.69, 9.17) is 16.3 Å². The molecule has 21 heavy (non-hydrogen) atoms. The van der Waals surface area contributed by atoms with Crippen molar-refractivity contribution in [3.8, 4) is 5.75 Å². The molecule has 4 heteroatoms. The fraction of sp³-hybridized carbons (Fsp3) is 0.118. The molecule has 0 radical (unpaired) electrons. The molecule has 1 aromatic heterocycles. The van der Waals surface area contributed by atoms with Crippen molar-refractivity contribution in [3.63, 3.8) is 0 Å². The van der Waals surface area contributed by atoms with Crippen LogP contribution in [0.25, 0.3) is 10.9 Å². The minimum Gasteiger partial charge on any atom is -0.425 e. The predicted molar refractivity (Wildman–Crippen MR) is 83.7 cm³/mol. The summed E-state index contributed by atoms with van der Waals surface area (Å²) in [4.78, 5) is 15.1. The van der Waals surface area contributed by atoms with Gasteiger partial charge in [0.25, 0.3) is 0 Å². The fourth-order valence-electron chi connectivity index (χ4n) is 2.28. The number of esters is 1. The van der Waals surface area contributed by atoms with Gasteiger partial charge in [-0.05, 0) is 30.2 Å². The number of nitrogens with one attached hydrogen (secondary N) is 1. The first-order chi connectivity index (χ1) is 10.2. The lowest BCUT2D eigenvalue weighted by Crippen LogP contribution is -2.09. The van der Waals surface area contributed by atoms with E-state index in [1.54, 1.807) is 24.3 Å². The average molecular weight is 300 g/mol. The molecule has 106 valence electrons. The van der Waals surface area contributed by atoms with Gasteiger partial charge in [0.15, 0.2) is 0 Å². The van der Waals surface area contributed by atoms with Crippen molar-refractivity contribution < 1.29 is 9.53 Å². The van der Waals surface area contributed by atoms with Gasteiger partial charge in [-0.15, -0.1) is 0 Å². The van der Waals surface area contributed by atoms with E-state index in [0.717, 1.165) is 16.5 Å². The minimum absolute atomic E-state index is 0.284. The van der Waals surface area contributed by atoms with Crippen LogP contribution in [-0.4, -0.2) is 11.0 Å². The molecular formula is C17H14ClNO2. The van der Waals surface area contributed by atoms with Gasteiger partial charge < -0.3 is 9.72 Å². The van der Waals surface area contributed by atoms with Crippen LogP contribution in [0.3, 0.4) is 0 Å². The second-order valence-corrected chi connectivity index (χ2v) is 5.17. The SMILES string of the molecule is O=C(CCc1c[nH]c2ccccc12)Oc1ccccc1Cl. The van der Waals surface area contributed by atoms with Crippen molar-refractivity contribution in [2.45, 2.75) is 12.8 Å². The Morgan fingerprint density at radius 3 is 2.71 bits per heavy atom. The third kappa shape index (κ3) is 3.09. The molecule has 3 rings (SSSR count). The number of aromatic nitrogens is 1. The summed E-state index contributed by atoms with van der Waals surface area (Å²) in [6.45, 7) is 0. The van der Waals surface area contributed by atoms with E-state index < -0.39 is 0 Å². The van der Waals surface area contributed by atoms with E-state index in [1.807, 2.05) is 30.5 Å². The third-order valence-corrected chi connectivity index (χ3v) is 3.65. The zero-order valence-corrected chi connectivity index (χ0v) is 12.1. The highest BCUT2D eigenvalue weighted by atomic mass is 35.5. The highest BCUT2D eigenvalue weighted by Gasteiger charge is 2.10.